The van der Waals surface area contributed by atoms with Crippen molar-refractivity contribution in [1.82, 2.24) is 9.69 Å². The number of rotatable bonds is 5. The first-order valence-corrected chi connectivity index (χ1v) is 4.33. The largest absolute Gasteiger partial charge is 0.481 e. The van der Waals surface area contributed by atoms with Gasteiger partial charge >= 0.3 is 5.97 Å². The second kappa shape index (κ2) is 4.56. The molecule has 0 saturated heterocycles. The average molecular weight is 200 g/mol. The summed E-state index contributed by atoms with van der Waals surface area (Å²) in [6.45, 7) is 0. The Morgan fingerprint density at radius 2 is 2.62 bits per heavy atom. The zero-order valence-corrected chi connectivity index (χ0v) is 7.45. The van der Waals surface area contributed by atoms with E-state index < -0.39 is 12.0 Å². The lowest BCUT2D eigenvalue weighted by Crippen LogP contribution is -2.21. The quantitative estimate of drug-likeness (QED) is 0.674. The van der Waals surface area contributed by atoms with Gasteiger partial charge in [-0.3, -0.25) is 9.59 Å². The Bertz CT molecular complexity index is 286. The molecule has 1 aromatic rings. The SMILES string of the molecule is O=CN[C@@H](CC(=O)O)c1ccns1. The molecule has 0 spiro atoms. The van der Waals surface area contributed by atoms with E-state index >= 15 is 0 Å². The van der Waals surface area contributed by atoms with E-state index in [2.05, 4.69) is 9.69 Å². The van der Waals surface area contributed by atoms with Gasteiger partial charge in [-0.05, 0) is 17.6 Å². The molecule has 6 heteroatoms. The van der Waals surface area contributed by atoms with E-state index in [0.29, 0.717) is 6.41 Å². The monoisotopic (exact) mass is 200 g/mol. The number of carbonyl (C=O) groups is 2. The van der Waals surface area contributed by atoms with Gasteiger partial charge in [0.15, 0.2) is 0 Å². The number of aliphatic carboxylic acids is 1. The molecule has 0 aliphatic rings. The van der Waals surface area contributed by atoms with Gasteiger partial charge in [0.2, 0.25) is 6.41 Å². The Kier molecular flexibility index (Phi) is 3.39. The molecule has 1 heterocycles. The van der Waals surface area contributed by atoms with Crippen molar-refractivity contribution in [2.45, 2.75) is 12.5 Å². The van der Waals surface area contributed by atoms with Crippen LogP contribution >= 0.6 is 11.5 Å². The summed E-state index contributed by atoms with van der Waals surface area (Å²) >= 11 is 1.18. The van der Waals surface area contributed by atoms with Gasteiger partial charge in [-0.15, -0.1) is 0 Å². The van der Waals surface area contributed by atoms with Crippen molar-refractivity contribution in [3.63, 3.8) is 0 Å². The zero-order chi connectivity index (χ0) is 9.68. The lowest BCUT2D eigenvalue weighted by Gasteiger charge is -2.09. The summed E-state index contributed by atoms with van der Waals surface area (Å²) in [6.07, 6.45) is 1.94. The third kappa shape index (κ3) is 2.83. The lowest BCUT2D eigenvalue weighted by atomic mass is 10.2. The molecular formula is C7H8N2O3S. The maximum atomic E-state index is 10.4. The van der Waals surface area contributed by atoms with E-state index in [1.165, 1.54) is 11.5 Å². The topological polar surface area (TPSA) is 79.3 Å². The van der Waals surface area contributed by atoms with Gasteiger partial charge in [-0.25, -0.2) is 4.37 Å². The van der Waals surface area contributed by atoms with Crippen LogP contribution in [0.3, 0.4) is 0 Å². The summed E-state index contributed by atoms with van der Waals surface area (Å²) in [5.41, 5.74) is 0. The fourth-order valence-corrected chi connectivity index (χ4v) is 1.55. The van der Waals surface area contributed by atoms with Crippen LogP contribution in [0.1, 0.15) is 17.3 Å². The standard InChI is InChI=1S/C7H8N2O3S/c10-4-8-5(3-7(11)12)6-1-2-9-13-6/h1-2,4-5H,3H2,(H,8,10)(H,11,12)/t5-/m0/s1. The van der Waals surface area contributed by atoms with Gasteiger partial charge in [-0.1, -0.05) is 0 Å². The van der Waals surface area contributed by atoms with Gasteiger partial charge in [0.05, 0.1) is 12.5 Å². The molecule has 1 aromatic heterocycles. The van der Waals surface area contributed by atoms with Crippen molar-refractivity contribution in [3.05, 3.63) is 17.1 Å². The number of carbonyl (C=O) groups excluding carboxylic acids is 1. The van der Waals surface area contributed by atoms with Crippen LogP contribution in [0.2, 0.25) is 0 Å². The minimum Gasteiger partial charge on any atom is -0.481 e. The number of amides is 1. The Labute approximate surface area is 78.6 Å². The second-order valence-corrected chi connectivity index (χ2v) is 3.21. The molecule has 0 radical (unpaired) electrons. The smallest absolute Gasteiger partial charge is 0.305 e. The number of nitrogens with one attached hydrogen (secondary N) is 1. The fraction of sp³-hybridized carbons (Fsp3) is 0.286. The highest BCUT2D eigenvalue weighted by Gasteiger charge is 2.15. The van der Waals surface area contributed by atoms with E-state index in [1.807, 2.05) is 0 Å². The van der Waals surface area contributed by atoms with Crippen molar-refractivity contribution < 1.29 is 14.7 Å². The number of hydrogen-bond acceptors (Lipinski definition) is 4. The van der Waals surface area contributed by atoms with Gasteiger partial charge in [-0.2, -0.15) is 0 Å². The molecule has 0 saturated carbocycles. The summed E-state index contributed by atoms with van der Waals surface area (Å²) in [6, 6.07) is 1.22. The van der Waals surface area contributed by atoms with E-state index in [-0.39, 0.29) is 6.42 Å². The molecule has 0 fully saturated rings. The van der Waals surface area contributed by atoms with Gasteiger partial charge in [0.25, 0.3) is 0 Å². The molecule has 2 N–H and O–H groups in total. The highest BCUT2D eigenvalue weighted by Crippen LogP contribution is 2.19. The third-order valence-electron chi connectivity index (χ3n) is 1.45. The van der Waals surface area contributed by atoms with E-state index in [1.54, 1.807) is 12.3 Å². The first kappa shape index (κ1) is 9.66. The zero-order valence-electron chi connectivity index (χ0n) is 6.64. The minimum absolute atomic E-state index is 0.124. The van der Waals surface area contributed by atoms with Gasteiger partial charge in [0, 0.05) is 11.1 Å². The normalized spacial score (nSPS) is 12.0. The number of aromatic nitrogens is 1. The molecule has 0 aliphatic heterocycles. The molecule has 1 amide bonds. The molecular weight excluding hydrogens is 192 g/mol. The lowest BCUT2D eigenvalue weighted by molar-refractivity contribution is -0.137. The molecule has 0 bridgehead atoms. The Morgan fingerprint density at radius 3 is 3.08 bits per heavy atom. The highest BCUT2D eigenvalue weighted by molar-refractivity contribution is 7.05. The second-order valence-electron chi connectivity index (χ2n) is 2.35. The summed E-state index contributed by atoms with van der Waals surface area (Å²) < 4.78 is 3.83. The van der Waals surface area contributed by atoms with Crippen molar-refractivity contribution in [1.29, 1.82) is 0 Å². The van der Waals surface area contributed by atoms with E-state index in [0.717, 1.165) is 4.88 Å². The van der Waals surface area contributed by atoms with Gasteiger partial charge in [0.1, 0.15) is 0 Å². The van der Waals surface area contributed by atoms with Crippen LogP contribution in [0.25, 0.3) is 0 Å². The Balaban J connectivity index is 2.67. The Hall–Kier alpha value is -1.43. The van der Waals surface area contributed by atoms with Crippen LogP contribution in [-0.2, 0) is 9.59 Å². The summed E-state index contributed by atoms with van der Waals surface area (Å²) in [5.74, 6) is -0.951. The first-order valence-electron chi connectivity index (χ1n) is 3.56. The summed E-state index contributed by atoms with van der Waals surface area (Å²) in [7, 11) is 0. The fourth-order valence-electron chi connectivity index (χ4n) is 0.904. The molecule has 13 heavy (non-hydrogen) atoms. The number of carboxylic acid groups (broad SMARTS) is 1. The molecule has 0 unspecified atom stereocenters. The van der Waals surface area contributed by atoms with Crippen LogP contribution in [-0.4, -0.2) is 21.9 Å². The third-order valence-corrected chi connectivity index (χ3v) is 2.31. The van der Waals surface area contributed by atoms with Crippen molar-refractivity contribution in [2.75, 3.05) is 0 Å². The average Bonchev–Trinajstić information content (AvgIpc) is 2.54. The highest BCUT2D eigenvalue weighted by atomic mass is 32.1. The van der Waals surface area contributed by atoms with Crippen LogP contribution in [0.15, 0.2) is 12.3 Å². The number of hydrogen-bond donors (Lipinski definition) is 2. The van der Waals surface area contributed by atoms with Crippen LogP contribution in [0.5, 0.6) is 0 Å². The van der Waals surface area contributed by atoms with Crippen LogP contribution in [0.4, 0.5) is 0 Å². The van der Waals surface area contributed by atoms with Crippen molar-refractivity contribution in [3.8, 4) is 0 Å². The molecule has 5 nitrogen and oxygen atoms in total. The van der Waals surface area contributed by atoms with Gasteiger partial charge < -0.3 is 10.4 Å². The predicted octanol–water partition coefficient (Wildman–Crippen LogP) is 0.405. The number of carboxylic acids is 1. The van der Waals surface area contributed by atoms with E-state index in [4.69, 9.17) is 5.11 Å². The minimum atomic E-state index is -0.951. The molecule has 1 atom stereocenters. The summed E-state index contributed by atoms with van der Waals surface area (Å²) in [4.78, 5) is 21.3. The molecule has 0 aliphatic carbocycles. The molecule has 0 aromatic carbocycles. The number of nitrogens with zero attached hydrogens (tertiary/aromatic N) is 1. The van der Waals surface area contributed by atoms with Crippen molar-refractivity contribution >= 4 is 23.9 Å². The maximum Gasteiger partial charge on any atom is 0.305 e. The summed E-state index contributed by atoms with van der Waals surface area (Å²) in [5, 5.41) is 11.0. The van der Waals surface area contributed by atoms with E-state index in [9.17, 15) is 9.59 Å². The maximum absolute atomic E-state index is 10.4. The Morgan fingerprint density at radius 1 is 1.85 bits per heavy atom. The van der Waals surface area contributed by atoms with Crippen LogP contribution < -0.4 is 5.32 Å². The predicted molar refractivity (Wildman–Crippen MR) is 46.3 cm³/mol. The van der Waals surface area contributed by atoms with Crippen molar-refractivity contribution in [2.24, 2.45) is 0 Å². The first-order chi connectivity index (χ1) is 6.24. The van der Waals surface area contributed by atoms with Crippen LogP contribution in [0, 0.1) is 0 Å². The molecule has 1 rings (SSSR count). The molecule has 70 valence electrons.